The first-order chi connectivity index (χ1) is 7.76. The molecule has 1 aromatic rings. The maximum absolute atomic E-state index is 5.57. The summed E-state index contributed by atoms with van der Waals surface area (Å²) < 4.78 is 15.8. The van der Waals surface area contributed by atoms with Crippen LogP contribution in [0.3, 0.4) is 0 Å². The van der Waals surface area contributed by atoms with Crippen molar-refractivity contribution in [2.75, 3.05) is 27.9 Å². The highest BCUT2D eigenvalue weighted by molar-refractivity contribution is 5.47. The van der Waals surface area contributed by atoms with E-state index in [9.17, 15) is 0 Å². The van der Waals surface area contributed by atoms with Crippen molar-refractivity contribution in [1.29, 1.82) is 0 Å². The number of benzene rings is 1. The van der Waals surface area contributed by atoms with E-state index < -0.39 is 0 Å². The number of ether oxygens (including phenoxy) is 3. The van der Waals surface area contributed by atoms with E-state index in [0.717, 1.165) is 29.0 Å². The summed E-state index contributed by atoms with van der Waals surface area (Å²) in [7, 11) is 4.95. The van der Waals surface area contributed by atoms with E-state index in [1.54, 1.807) is 21.3 Å². The summed E-state index contributed by atoms with van der Waals surface area (Å²) in [5, 5.41) is 0. The van der Waals surface area contributed by atoms with Gasteiger partial charge in [0.15, 0.2) is 0 Å². The summed E-state index contributed by atoms with van der Waals surface area (Å²) in [6, 6.07) is 3.87. The van der Waals surface area contributed by atoms with Crippen LogP contribution in [0.15, 0.2) is 12.1 Å². The smallest absolute Gasteiger partial charge is 0.127 e. The van der Waals surface area contributed by atoms with Crippen LogP contribution in [0.1, 0.15) is 11.1 Å². The second-order valence-electron chi connectivity index (χ2n) is 3.45. The maximum Gasteiger partial charge on any atom is 0.127 e. The van der Waals surface area contributed by atoms with Crippen molar-refractivity contribution in [3.63, 3.8) is 0 Å². The Balaban J connectivity index is 3.16. The molecule has 4 nitrogen and oxygen atoms in total. The van der Waals surface area contributed by atoms with Crippen LogP contribution in [-0.2, 0) is 17.8 Å². The second-order valence-corrected chi connectivity index (χ2v) is 3.45. The van der Waals surface area contributed by atoms with Gasteiger partial charge in [-0.05, 0) is 30.7 Å². The van der Waals surface area contributed by atoms with Gasteiger partial charge < -0.3 is 19.9 Å². The summed E-state index contributed by atoms with van der Waals surface area (Å²) in [5.74, 6) is 1.64. The van der Waals surface area contributed by atoms with E-state index in [4.69, 9.17) is 19.9 Å². The molecule has 1 aromatic carbocycles. The molecule has 0 bridgehead atoms. The number of hydrogen-bond donors (Lipinski definition) is 1. The molecule has 90 valence electrons. The topological polar surface area (TPSA) is 53.7 Å². The molecule has 0 aliphatic heterocycles. The lowest BCUT2D eigenvalue weighted by atomic mass is 10.1. The van der Waals surface area contributed by atoms with Crippen LogP contribution < -0.4 is 15.2 Å². The molecule has 1 rings (SSSR count). The average molecular weight is 225 g/mol. The average Bonchev–Trinajstić information content (AvgIpc) is 2.29. The van der Waals surface area contributed by atoms with E-state index in [1.807, 2.05) is 12.1 Å². The molecule has 4 heteroatoms. The lowest BCUT2D eigenvalue weighted by molar-refractivity contribution is 0.181. The van der Waals surface area contributed by atoms with Crippen molar-refractivity contribution in [2.45, 2.75) is 13.0 Å². The Kier molecular flexibility index (Phi) is 5.08. The van der Waals surface area contributed by atoms with E-state index in [-0.39, 0.29) is 0 Å². The molecule has 0 radical (unpaired) electrons. The van der Waals surface area contributed by atoms with Gasteiger partial charge in [0.25, 0.3) is 0 Å². The quantitative estimate of drug-likeness (QED) is 0.794. The van der Waals surface area contributed by atoms with Crippen LogP contribution in [0, 0.1) is 0 Å². The van der Waals surface area contributed by atoms with Crippen molar-refractivity contribution in [1.82, 2.24) is 0 Å². The fraction of sp³-hybridized carbons (Fsp3) is 0.500. The largest absolute Gasteiger partial charge is 0.497 e. The zero-order valence-corrected chi connectivity index (χ0v) is 10.1. The van der Waals surface area contributed by atoms with Crippen molar-refractivity contribution < 1.29 is 14.2 Å². The van der Waals surface area contributed by atoms with Gasteiger partial charge in [0.05, 0.1) is 20.8 Å². The van der Waals surface area contributed by atoms with Gasteiger partial charge in [0.2, 0.25) is 0 Å². The molecule has 0 aromatic heterocycles. The fourth-order valence-electron chi connectivity index (χ4n) is 1.71. The third kappa shape index (κ3) is 2.87. The maximum atomic E-state index is 5.57. The normalized spacial score (nSPS) is 10.2. The van der Waals surface area contributed by atoms with Gasteiger partial charge in [-0.3, -0.25) is 0 Å². The molecule has 0 heterocycles. The van der Waals surface area contributed by atoms with Crippen LogP contribution >= 0.6 is 0 Å². The van der Waals surface area contributed by atoms with E-state index >= 15 is 0 Å². The second kappa shape index (κ2) is 6.35. The summed E-state index contributed by atoms with van der Waals surface area (Å²) in [6.07, 6.45) is 0.761. The molecule has 0 spiro atoms. The first kappa shape index (κ1) is 12.8. The Labute approximate surface area is 96.3 Å². The highest BCUT2D eigenvalue weighted by Gasteiger charge is 2.11. The summed E-state index contributed by atoms with van der Waals surface area (Å²) in [6.45, 7) is 1.08. The lowest BCUT2D eigenvalue weighted by Crippen LogP contribution is -2.06. The van der Waals surface area contributed by atoms with Crippen molar-refractivity contribution >= 4 is 0 Å². The molecular formula is C12H19NO3. The first-order valence-electron chi connectivity index (χ1n) is 5.19. The number of hydrogen-bond acceptors (Lipinski definition) is 4. The van der Waals surface area contributed by atoms with Crippen LogP contribution in [0.25, 0.3) is 0 Å². The van der Waals surface area contributed by atoms with Crippen LogP contribution in [0.2, 0.25) is 0 Å². The SMILES string of the molecule is COCc1cc(OC)cc(CCN)c1OC. The molecule has 0 aliphatic rings. The summed E-state index contributed by atoms with van der Waals surface area (Å²) >= 11 is 0. The van der Waals surface area contributed by atoms with Crippen LogP contribution in [0.4, 0.5) is 0 Å². The number of rotatable bonds is 6. The third-order valence-electron chi connectivity index (χ3n) is 2.37. The van der Waals surface area contributed by atoms with Gasteiger partial charge in [0, 0.05) is 12.7 Å². The predicted octanol–water partition coefficient (Wildman–Crippen LogP) is 1.35. The molecule has 0 saturated carbocycles. The zero-order chi connectivity index (χ0) is 12.0. The van der Waals surface area contributed by atoms with E-state index in [0.29, 0.717) is 13.2 Å². The lowest BCUT2D eigenvalue weighted by Gasteiger charge is -2.14. The Hall–Kier alpha value is -1.26. The zero-order valence-electron chi connectivity index (χ0n) is 10.1. The Morgan fingerprint density at radius 1 is 1.06 bits per heavy atom. The summed E-state index contributed by atoms with van der Waals surface area (Å²) in [5.41, 5.74) is 7.60. The minimum absolute atomic E-state index is 0.498. The van der Waals surface area contributed by atoms with Crippen molar-refractivity contribution in [2.24, 2.45) is 5.73 Å². The molecule has 2 N–H and O–H groups in total. The molecule has 16 heavy (non-hydrogen) atoms. The van der Waals surface area contributed by atoms with E-state index in [2.05, 4.69) is 0 Å². The first-order valence-corrected chi connectivity index (χ1v) is 5.19. The summed E-state index contributed by atoms with van der Waals surface area (Å²) in [4.78, 5) is 0. The van der Waals surface area contributed by atoms with Crippen LogP contribution in [0.5, 0.6) is 11.5 Å². The van der Waals surface area contributed by atoms with Gasteiger partial charge in [0.1, 0.15) is 11.5 Å². The molecule has 0 aliphatic carbocycles. The number of methoxy groups -OCH3 is 3. The fourth-order valence-corrected chi connectivity index (χ4v) is 1.71. The highest BCUT2D eigenvalue weighted by atomic mass is 16.5. The van der Waals surface area contributed by atoms with Gasteiger partial charge in [-0.2, -0.15) is 0 Å². The van der Waals surface area contributed by atoms with Gasteiger partial charge in [-0.1, -0.05) is 0 Å². The number of nitrogens with two attached hydrogens (primary N) is 1. The molecule has 0 atom stereocenters. The minimum Gasteiger partial charge on any atom is -0.497 e. The standard InChI is InChI=1S/C12H19NO3/c1-14-8-10-7-11(15-2)6-9(4-5-13)12(10)16-3/h6-7H,4-5,8,13H2,1-3H3. The third-order valence-corrected chi connectivity index (χ3v) is 2.37. The molecular weight excluding hydrogens is 206 g/mol. The minimum atomic E-state index is 0.498. The molecule has 0 saturated heterocycles. The highest BCUT2D eigenvalue weighted by Crippen LogP contribution is 2.30. The molecule has 0 amide bonds. The monoisotopic (exact) mass is 225 g/mol. The van der Waals surface area contributed by atoms with Crippen molar-refractivity contribution in [3.05, 3.63) is 23.3 Å². The van der Waals surface area contributed by atoms with Gasteiger partial charge in [-0.15, -0.1) is 0 Å². The predicted molar refractivity (Wildman–Crippen MR) is 63.0 cm³/mol. The van der Waals surface area contributed by atoms with Gasteiger partial charge >= 0.3 is 0 Å². The Morgan fingerprint density at radius 2 is 1.75 bits per heavy atom. The van der Waals surface area contributed by atoms with Crippen LogP contribution in [-0.4, -0.2) is 27.9 Å². The van der Waals surface area contributed by atoms with Crippen molar-refractivity contribution in [3.8, 4) is 11.5 Å². The molecule has 0 unspecified atom stereocenters. The Bertz CT molecular complexity index is 312. The van der Waals surface area contributed by atoms with E-state index in [1.165, 1.54) is 0 Å². The Morgan fingerprint density at radius 3 is 2.25 bits per heavy atom. The molecule has 0 fully saturated rings. The van der Waals surface area contributed by atoms with Gasteiger partial charge in [-0.25, -0.2) is 0 Å².